The molecular formula is C8H10NOS. The number of thiophene rings is 1. The van der Waals surface area contributed by atoms with Gasteiger partial charge in [-0.05, 0) is 22.4 Å². The molecule has 2 heterocycles. The second-order valence-electron chi connectivity index (χ2n) is 2.55. The molecule has 1 unspecified atom stereocenters. The van der Waals surface area contributed by atoms with Gasteiger partial charge in [0.1, 0.15) is 0 Å². The molecule has 0 amide bonds. The first-order valence-electron chi connectivity index (χ1n) is 3.74. The van der Waals surface area contributed by atoms with Gasteiger partial charge in [0.15, 0.2) is 0 Å². The molecule has 1 radical (unpaired) electrons. The third kappa shape index (κ3) is 1.61. The Morgan fingerprint density at radius 1 is 1.64 bits per heavy atom. The van der Waals surface area contributed by atoms with Crippen molar-refractivity contribution < 1.29 is 4.74 Å². The lowest BCUT2D eigenvalue weighted by molar-refractivity contribution is 0.0263. The molecule has 1 aliphatic rings. The third-order valence-corrected chi connectivity index (χ3v) is 2.48. The molecule has 0 bridgehead atoms. The normalized spacial score (nSPS) is 25.3. The molecule has 0 aliphatic carbocycles. The van der Waals surface area contributed by atoms with E-state index in [9.17, 15) is 0 Å². The smallest absolute Gasteiger partial charge is 0.0974 e. The van der Waals surface area contributed by atoms with Crippen LogP contribution in [0.5, 0.6) is 0 Å². The summed E-state index contributed by atoms with van der Waals surface area (Å²) in [7, 11) is 0. The van der Waals surface area contributed by atoms with Gasteiger partial charge in [0.2, 0.25) is 0 Å². The number of nitrogens with zero attached hydrogens (tertiary/aromatic N) is 1. The molecule has 1 fully saturated rings. The van der Waals surface area contributed by atoms with Gasteiger partial charge >= 0.3 is 0 Å². The van der Waals surface area contributed by atoms with Crippen LogP contribution in [0, 0.1) is 0 Å². The van der Waals surface area contributed by atoms with Gasteiger partial charge in [0.25, 0.3) is 0 Å². The van der Waals surface area contributed by atoms with Gasteiger partial charge in [0, 0.05) is 13.1 Å². The van der Waals surface area contributed by atoms with Gasteiger partial charge in [-0.25, -0.2) is 5.32 Å². The van der Waals surface area contributed by atoms with Crippen molar-refractivity contribution in [3.63, 3.8) is 0 Å². The van der Waals surface area contributed by atoms with Gasteiger partial charge in [-0.15, -0.1) is 0 Å². The van der Waals surface area contributed by atoms with Crippen LogP contribution in [0.3, 0.4) is 0 Å². The molecule has 1 aliphatic heterocycles. The quantitative estimate of drug-likeness (QED) is 0.622. The second-order valence-corrected chi connectivity index (χ2v) is 3.33. The zero-order valence-corrected chi connectivity index (χ0v) is 7.01. The average Bonchev–Trinajstić information content (AvgIpc) is 2.58. The fourth-order valence-electron chi connectivity index (χ4n) is 1.18. The van der Waals surface area contributed by atoms with Crippen molar-refractivity contribution in [2.75, 3.05) is 19.7 Å². The van der Waals surface area contributed by atoms with Crippen LogP contribution in [0.2, 0.25) is 0 Å². The number of hydrogen-bond acceptors (Lipinski definition) is 2. The van der Waals surface area contributed by atoms with Crippen LogP contribution < -0.4 is 5.32 Å². The van der Waals surface area contributed by atoms with E-state index in [0.717, 1.165) is 19.7 Å². The van der Waals surface area contributed by atoms with Crippen LogP contribution in [-0.2, 0) is 4.74 Å². The van der Waals surface area contributed by atoms with Crippen LogP contribution in [0.15, 0.2) is 16.8 Å². The molecule has 1 saturated heterocycles. The van der Waals surface area contributed by atoms with Crippen LogP contribution >= 0.6 is 11.3 Å². The zero-order chi connectivity index (χ0) is 7.52. The first-order chi connectivity index (χ1) is 5.47. The molecule has 0 saturated carbocycles. The highest BCUT2D eigenvalue weighted by Gasteiger charge is 2.15. The third-order valence-electron chi connectivity index (χ3n) is 1.78. The van der Waals surface area contributed by atoms with Crippen molar-refractivity contribution in [2.24, 2.45) is 0 Å². The largest absolute Gasteiger partial charge is 0.371 e. The number of ether oxygens (including phenoxy) is 1. The Balaban J connectivity index is 2.04. The Morgan fingerprint density at radius 2 is 2.64 bits per heavy atom. The fourth-order valence-corrected chi connectivity index (χ4v) is 1.88. The minimum Gasteiger partial charge on any atom is -0.371 e. The van der Waals surface area contributed by atoms with E-state index < -0.39 is 0 Å². The van der Waals surface area contributed by atoms with E-state index in [1.165, 1.54) is 5.56 Å². The summed E-state index contributed by atoms with van der Waals surface area (Å²) >= 11 is 1.71. The van der Waals surface area contributed by atoms with Crippen molar-refractivity contribution >= 4 is 11.3 Å². The lowest BCUT2D eigenvalue weighted by Crippen LogP contribution is -2.27. The summed E-state index contributed by atoms with van der Waals surface area (Å²) in [6.07, 6.45) is 0.231. The molecule has 1 aromatic rings. The molecule has 11 heavy (non-hydrogen) atoms. The van der Waals surface area contributed by atoms with Crippen LogP contribution in [0.1, 0.15) is 11.7 Å². The van der Waals surface area contributed by atoms with E-state index in [0.29, 0.717) is 0 Å². The zero-order valence-electron chi connectivity index (χ0n) is 6.19. The maximum Gasteiger partial charge on any atom is 0.0974 e. The van der Waals surface area contributed by atoms with Crippen LogP contribution in [0.4, 0.5) is 0 Å². The standard InChI is InChI=1S/C8H10NOS/c1-4-11-6-7(1)8-5-9-2-3-10-8/h1,4,6,8H,2-3,5H2. The van der Waals surface area contributed by atoms with Crippen molar-refractivity contribution in [2.45, 2.75) is 6.10 Å². The Labute approximate surface area is 70.2 Å². The summed E-state index contributed by atoms with van der Waals surface area (Å²) in [5.74, 6) is 0. The fraction of sp³-hybridized carbons (Fsp3) is 0.500. The molecule has 2 rings (SSSR count). The Morgan fingerprint density at radius 3 is 3.27 bits per heavy atom. The molecule has 0 N–H and O–H groups in total. The van der Waals surface area contributed by atoms with E-state index in [1.807, 2.05) is 0 Å². The topological polar surface area (TPSA) is 23.3 Å². The monoisotopic (exact) mass is 168 g/mol. The highest BCUT2D eigenvalue weighted by Crippen LogP contribution is 2.20. The summed E-state index contributed by atoms with van der Waals surface area (Å²) in [4.78, 5) is 0. The molecule has 0 spiro atoms. The summed E-state index contributed by atoms with van der Waals surface area (Å²) < 4.78 is 5.54. The summed E-state index contributed by atoms with van der Waals surface area (Å²) in [6, 6.07) is 2.11. The minimum atomic E-state index is 0.231. The lowest BCUT2D eigenvalue weighted by Gasteiger charge is -2.21. The predicted octanol–water partition coefficient (Wildman–Crippen LogP) is 1.42. The molecule has 59 valence electrons. The number of morpholine rings is 1. The molecule has 0 aromatic carbocycles. The van der Waals surface area contributed by atoms with Crippen molar-refractivity contribution in [3.8, 4) is 0 Å². The molecule has 1 atom stereocenters. The second kappa shape index (κ2) is 3.34. The molecule has 3 heteroatoms. The van der Waals surface area contributed by atoms with Crippen molar-refractivity contribution in [1.29, 1.82) is 0 Å². The number of hydrogen-bond donors (Lipinski definition) is 0. The van der Waals surface area contributed by atoms with E-state index in [-0.39, 0.29) is 6.10 Å². The van der Waals surface area contributed by atoms with Crippen molar-refractivity contribution in [3.05, 3.63) is 22.4 Å². The van der Waals surface area contributed by atoms with Crippen molar-refractivity contribution in [1.82, 2.24) is 5.32 Å². The predicted molar refractivity (Wildman–Crippen MR) is 44.9 cm³/mol. The first-order valence-corrected chi connectivity index (χ1v) is 4.68. The van der Waals surface area contributed by atoms with E-state index in [4.69, 9.17) is 4.74 Å². The molecular weight excluding hydrogens is 158 g/mol. The van der Waals surface area contributed by atoms with Gasteiger partial charge < -0.3 is 4.74 Å². The molecule has 1 aromatic heterocycles. The molecule has 2 nitrogen and oxygen atoms in total. The Bertz CT molecular complexity index is 204. The lowest BCUT2D eigenvalue weighted by atomic mass is 10.2. The van der Waals surface area contributed by atoms with E-state index in [2.05, 4.69) is 22.1 Å². The highest BCUT2D eigenvalue weighted by molar-refractivity contribution is 7.07. The van der Waals surface area contributed by atoms with Gasteiger partial charge in [0.05, 0.1) is 12.7 Å². The van der Waals surface area contributed by atoms with Gasteiger partial charge in [-0.1, -0.05) is 0 Å². The first kappa shape index (κ1) is 7.28. The average molecular weight is 168 g/mol. The Kier molecular flexibility index (Phi) is 2.21. The van der Waals surface area contributed by atoms with E-state index >= 15 is 0 Å². The summed E-state index contributed by atoms with van der Waals surface area (Å²) in [5.41, 5.74) is 1.28. The van der Waals surface area contributed by atoms with Gasteiger partial charge in [-0.3, -0.25) is 0 Å². The minimum absolute atomic E-state index is 0.231. The summed E-state index contributed by atoms with van der Waals surface area (Å²) in [5, 5.41) is 8.50. The maximum absolute atomic E-state index is 5.54. The maximum atomic E-state index is 5.54. The van der Waals surface area contributed by atoms with Crippen LogP contribution in [0.25, 0.3) is 0 Å². The van der Waals surface area contributed by atoms with E-state index in [1.54, 1.807) is 11.3 Å². The van der Waals surface area contributed by atoms with Crippen LogP contribution in [-0.4, -0.2) is 19.7 Å². The number of rotatable bonds is 1. The highest BCUT2D eigenvalue weighted by atomic mass is 32.1. The Hall–Kier alpha value is -0.380. The summed E-state index contributed by atoms with van der Waals surface area (Å²) in [6.45, 7) is 2.47. The SMILES string of the molecule is c1cc(C2C[N]CCO2)cs1. The van der Waals surface area contributed by atoms with Gasteiger partial charge in [-0.2, -0.15) is 11.3 Å².